The van der Waals surface area contributed by atoms with E-state index in [2.05, 4.69) is 31.4 Å². The van der Waals surface area contributed by atoms with E-state index in [9.17, 15) is 4.79 Å². The van der Waals surface area contributed by atoms with E-state index in [-0.39, 0.29) is 11.7 Å². The van der Waals surface area contributed by atoms with E-state index < -0.39 is 0 Å². The number of fused-ring (bicyclic) bond motifs is 1. The van der Waals surface area contributed by atoms with Gasteiger partial charge in [0.1, 0.15) is 16.3 Å². The van der Waals surface area contributed by atoms with Crippen molar-refractivity contribution >= 4 is 61.6 Å². The molecule has 4 rings (SSSR count). The maximum Gasteiger partial charge on any atom is 0.291 e. The van der Waals surface area contributed by atoms with E-state index in [1.54, 1.807) is 19.2 Å². The second-order valence-corrected chi connectivity index (χ2v) is 9.40. The molecule has 0 spiro atoms. The zero-order valence-corrected chi connectivity index (χ0v) is 18.8. The van der Waals surface area contributed by atoms with Gasteiger partial charge in [-0.25, -0.2) is 0 Å². The highest BCUT2D eigenvalue weighted by Crippen LogP contribution is 2.34. The number of furan rings is 1. The lowest BCUT2D eigenvalue weighted by atomic mass is 10.1. The number of nitrogens with zero attached hydrogens (tertiary/aromatic N) is 2. The molecule has 2 aromatic carbocycles. The number of anilines is 1. The average Bonchev–Trinajstić information content (AvgIpc) is 3.30. The lowest BCUT2D eigenvalue weighted by Gasteiger charge is -2.10. The van der Waals surface area contributed by atoms with Crippen molar-refractivity contribution in [3.63, 3.8) is 0 Å². The Morgan fingerprint density at radius 1 is 1.28 bits per heavy atom. The van der Waals surface area contributed by atoms with Crippen LogP contribution in [0.4, 0.5) is 5.69 Å². The lowest BCUT2D eigenvalue weighted by molar-refractivity contribution is 0.0997. The number of aromatic nitrogens is 2. The minimum Gasteiger partial charge on any atom is -0.495 e. The molecule has 0 aliphatic rings. The molecule has 4 aromatic rings. The van der Waals surface area contributed by atoms with Crippen LogP contribution >= 0.6 is 39.0 Å². The fourth-order valence-electron chi connectivity index (χ4n) is 2.85. The topological polar surface area (TPSA) is 77.2 Å². The van der Waals surface area contributed by atoms with Crippen LogP contribution in [-0.4, -0.2) is 23.2 Å². The first-order valence-electron chi connectivity index (χ1n) is 8.63. The Labute approximate surface area is 183 Å². The van der Waals surface area contributed by atoms with Gasteiger partial charge in [-0.3, -0.25) is 4.79 Å². The number of aryl methyl sites for hydroxylation is 1. The molecule has 2 aromatic heterocycles. The first-order chi connectivity index (χ1) is 14.0. The van der Waals surface area contributed by atoms with Gasteiger partial charge in [-0.15, -0.1) is 10.2 Å². The van der Waals surface area contributed by atoms with Crippen molar-refractivity contribution in [2.45, 2.75) is 17.0 Å². The number of para-hydroxylation sites is 1. The molecule has 6 nitrogen and oxygen atoms in total. The molecule has 0 saturated carbocycles. The fourth-order valence-corrected chi connectivity index (χ4v) is 5.06. The molecular formula is C20H16BrN3O3S2. The molecule has 1 N–H and O–H groups in total. The fraction of sp³-hybridized carbons (Fsp3) is 0.150. The summed E-state index contributed by atoms with van der Waals surface area (Å²) < 4.78 is 13.0. The summed E-state index contributed by atoms with van der Waals surface area (Å²) in [6.07, 6.45) is 0. The molecule has 0 radical (unpaired) electrons. The molecule has 1 amide bonds. The third-order valence-electron chi connectivity index (χ3n) is 4.16. The highest BCUT2D eigenvalue weighted by atomic mass is 79.9. The Balaban J connectivity index is 1.67. The predicted octanol–water partition coefficient (Wildman–Crippen LogP) is 5.91. The van der Waals surface area contributed by atoms with Gasteiger partial charge in [-0.1, -0.05) is 57.2 Å². The van der Waals surface area contributed by atoms with Crippen LogP contribution in [0.2, 0.25) is 0 Å². The standard InChI is InChI=1S/C20H16BrN3O3S2/c1-11-23-24-20(29-11)28-10-14-13-5-3-4-6-16(13)27-18(14)19(25)22-15-9-12(21)7-8-17(15)26-2/h3-9H,10H2,1-2H3,(H,22,25). The first-order valence-corrected chi connectivity index (χ1v) is 11.2. The normalized spacial score (nSPS) is 11.0. The molecular weight excluding hydrogens is 474 g/mol. The number of rotatable bonds is 6. The van der Waals surface area contributed by atoms with Gasteiger partial charge in [0.2, 0.25) is 0 Å². The Morgan fingerprint density at radius 3 is 2.86 bits per heavy atom. The molecule has 29 heavy (non-hydrogen) atoms. The lowest BCUT2D eigenvalue weighted by Crippen LogP contribution is -2.13. The molecule has 0 saturated heterocycles. The summed E-state index contributed by atoms with van der Waals surface area (Å²) in [5.74, 6) is 1.06. The highest BCUT2D eigenvalue weighted by molar-refractivity contribution is 9.10. The number of carbonyl (C=O) groups excluding carboxylic acids is 1. The van der Waals surface area contributed by atoms with E-state index in [0.29, 0.717) is 22.8 Å². The molecule has 0 bridgehead atoms. The van der Waals surface area contributed by atoms with Crippen molar-refractivity contribution in [3.05, 3.63) is 63.3 Å². The SMILES string of the molecule is COc1ccc(Br)cc1NC(=O)c1oc2ccccc2c1CSc1nnc(C)s1. The molecule has 0 atom stereocenters. The number of nitrogens with one attached hydrogen (secondary N) is 1. The summed E-state index contributed by atoms with van der Waals surface area (Å²) in [6, 6.07) is 13.0. The summed E-state index contributed by atoms with van der Waals surface area (Å²) in [6.45, 7) is 1.92. The van der Waals surface area contributed by atoms with Crippen LogP contribution in [0.25, 0.3) is 11.0 Å². The van der Waals surface area contributed by atoms with E-state index in [1.165, 1.54) is 23.1 Å². The van der Waals surface area contributed by atoms with Crippen LogP contribution in [0.3, 0.4) is 0 Å². The second kappa shape index (κ2) is 8.56. The van der Waals surface area contributed by atoms with Crippen LogP contribution in [0, 0.1) is 6.92 Å². The van der Waals surface area contributed by atoms with Crippen molar-refractivity contribution in [3.8, 4) is 5.75 Å². The van der Waals surface area contributed by atoms with Gasteiger partial charge in [0.05, 0.1) is 12.8 Å². The van der Waals surface area contributed by atoms with Crippen LogP contribution in [0.5, 0.6) is 5.75 Å². The molecule has 2 heterocycles. The smallest absolute Gasteiger partial charge is 0.291 e. The number of benzene rings is 2. The quantitative estimate of drug-likeness (QED) is 0.339. The Morgan fingerprint density at radius 2 is 2.10 bits per heavy atom. The van der Waals surface area contributed by atoms with Gasteiger partial charge in [0.25, 0.3) is 5.91 Å². The van der Waals surface area contributed by atoms with E-state index >= 15 is 0 Å². The number of amides is 1. The second-order valence-electron chi connectivity index (χ2n) is 6.08. The third-order valence-corrected chi connectivity index (χ3v) is 6.65. The summed E-state index contributed by atoms with van der Waals surface area (Å²) in [4.78, 5) is 13.1. The third kappa shape index (κ3) is 4.31. The van der Waals surface area contributed by atoms with E-state index in [0.717, 1.165) is 24.8 Å². The van der Waals surface area contributed by atoms with Gasteiger partial charge in [-0.05, 0) is 31.2 Å². The Bertz CT molecular complexity index is 1190. The van der Waals surface area contributed by atoms with Gasteiger partial charge in [-0.2, -0.15) is 0 Å². The van der Waals surface area contributed by atoms with Gasteiger partial charge in [0.15, 0.2) is 10.1 Å². The zero-order valence-electron chi connectivity index (χ0n) is 15.6. The van der Waals surface area contributed by atoms with Crippen LogP contribution in [-0.2, 0) is 5.75 Å². The van der Waals surface area contributed by atoms with Crippen molar-refractivity contribution in [1.82, 2.24) is 10.2 Å². The van der Waals surface area contributed by atoms with Crippen molar-refractivity contribution < 1.29 is 13.9 Å². The van der Waals surface area contributed by atoms with E-state index in [1.807, 2.05) is 37.3 Å². The summed E-state index contributed by atoms with van der Waals surface area (Å²) in [7, 11) is 1.56. The van der Waals surface area contributed by atoms with Crippen molar-refractivity contribution in [2.75, 3.05) is 12.4 Å². The van der Waals surface area contributed by atoms with Crippen LogP contribution in [0.15, 0.2) is 55.7 Å². The van der Waals surface area contributed by atoms with Gasteiger partial charge < -0.3 is 14.5 Å². The predicted molar refractivity (Wildman–Crippen MR) is 119 cm³/mol. The minimum absolute atomic E-state index is 0.280. The molecule has 0 aliphatic heterocycles. The molecule has 9 heteroatoms. The van der Waals surface area contributed by atoms with Gasteiger partial charge in [0, 0.05) is 21.2 Å². The minimum atomic E-state index is -0.332. The average molecular weight is 490 g/mol. The summed E-state index contributed by atoms with van der Waals surface area (Å²) in [5.41, 5.74) is 2.05. The zero-order chi connectivity index (χ0) is 20.4. The highest BCUT2D eigenvalue weighted by Gasteiger charge is 2.22. The number of hydrogen-bond acceptors (Lipinski definition) is 7. The van der Waals surface area contributed by atoms with Crippen molar-refractivity contribution in [2.24, 2.45) is 0 Å². The van der Waals surface area contributed by atoms with Crippen molar-refractivity contribution in [1.29, 1.82) is 0 Å². The Hall–Kier alpha value is -2.36. The monoisotopic (exact) mass is 489 g/mol. The van der Waals surface area contributed by atoms with Gasteiger partial charge >= 0.3 is 0 Å². The first kappa shape index (κ1) is 19.9. The summed E-state index contributed by atoms with van der Waals surface area (Å²) >= 11 is 6.48. The number of thioether (sulfide) groups is 1. The molecule has 0 aliphatic carbocycles. The van der Waals surface area contributed by atoms with E-state index in [4.69, 9.17) is 9.15 Å². The van der Waals surface area contributed by atoms with Crippen LogP contribution < -0.4 is 10.1 Å². The number of methoxy groups -OCH3 is 1. The molecule has 148 valence electrons. The number of halogens is 1. The number of hydrogen-bond donors (Lipinski definition) is 1. The Kier molecular flexibility index (Phi) is 5.89. The molecule has 0 fully saturated rings. The number of ether oxygens (including phenoxy) is 1. The molecule has 0 unspecified atom stereocenters. The number of carbonyl (C=O) groups is 1. The summed E-state index contributed by atoms with van der Waals surface area (Å²) in [5, 5.41) is 12.9. The maximum atomic E-state index is 13.1. The van der Waals surface area contributed by atoms with Crippen LogP contribution in [0.1, 0.15) is 21.1 Å². The maximum absolute atomic E-state index is 13.1. The largest absolute Gasteiger partial charge is 0.495 e.